The maximum Gasteiger partial charge on any atom is 0.227 e. The van der Waals surface area contributed by atoms with Crippen LogP contribution in [0.1, 0.15) is 0 Å². The molecule has 0 amide bonds. The Morgan fingerprint density at radius 3 is 1.85 bits per heavy atom. The zero-order chi connectivity index (χ0) is 35.6. The first-order valence-corrected chi connectivity index (χ1v) is 18.8. The summed E-state index contributed by atoms with van der Waals surface area (Å²) in [5.41, 5.74) is 11.9. The van der Waals surface area contributed by atoms with Crippen LogP contribution in [0.15, 0.2) is 191 Å². The van der Waals surface area contributed by atoms with E-state index in [9.17, 15) is 0 Å². The van der Waals surface area contributed by atoms with Gasteiger partial charge in [-0.15, -0.1) is 11.3 Å². The van der Waals surface area contributed by atoms with E-state index in [1.165, 1.54) is 42.4 Å². The van der Waals surface area contributed by atoms with Crippen molar-refractivity contribution in [1.29, 1.82) is 0 Å². The van der Waals surface area contributed by atoms with Crippen molar-refractivity contribution < 1.29 is 8.83 Å². The van der Waals surface area contributed by atoms with Crippen LogP contribution in [0.4, 0.5) is 17.1 Å². The van der Waals surface area contributed by atoms with Gasteiger partial charge in [0.1, 0.15) is 16.7 Å². The molecule has 254 valence electrons. The average molecular weight is 711 g/mol. The largest absolute Gasteiger partial charge is 0.456 e. The molecule has 0 unspecified atom stereocenters. The lowest BCUT2D eigenvalue weighted by Gasteiger charge is -2.26. The lowest BCUT2D eigenvalue weighted by molar-refractivity contribution is 0.622. The zero-order valence-corrected chi connectivity index (χ0v) is 29.8. The number of benzene rings is 8. The summed E-state index contributed by atoms with van der Waals surface area (Å²) in [6.45, 7) is 0. The highest BCUT2D eigenvalue weighted by molar-refractivity contribution is 7.25. The molecule has 0 bridgehead atoms. The number of thiophene rings is 1. The fourth-order valence-corrected chi connectivity index (χ4v) is 8.90. The highest BCUT2D eigenvalue weighted by Gasteiger charge is 2.20. The number of fused-ring (bicyclic) bond motifs is 8. The second kappa shape index (κ2) is 12.3. The Labute approximate surface area is 314 Å². The van der Waals surface area contributed by atoms with Gasteiger partial charge in [-0.3, -0.25) is 0 Å². The predicted octanol–water partition coefficient (Wildman–Crippen LogP) is 14.6. The molecule has 0 spiro atoms. The molecule has 0 radical (unpaired) electrons. The minimum Gasteiger partial charge on any atom is -0.456 e. The van der Waals surface area contributed by atoms with Gasteiger partial charge >= 0.3 is 0 Å². The van der Waals surface area contributed by atoms with Crippen molar-refractivity contribution in [1.82, 2.24) is 4.98 Å². The number of anilines is 3. The normalized spacial score (nSPS) is 11.7. The van der Waals surface area contributed by atoms with Gasteiger partial charge in [0.2, 0.25) is 5.89 Å². The Hall–Kier alpha value is -6.95. The second-order valence-electron chi connectivity index (χ2n) is 13.5. The van der Waals surface area contributed by atoms with Crippen LogP contribution in [-0.2, 0) is 0 Å². The van der Waals surface area contributed by atoms with Crippen molar-refractivity contribution >= 4 is 81.6 Å². The summed E-state index contributed by atoms with van der Waals surface area (Å²) in [4.78, 5) is 7.11. The third kappa shape index (κ3) is 5.01. The number of oxazole rings is 1. The van der Waals surface area contributed by atoms with E-state index in [2.05, 4.69) is 138 Å². The third-order valence-corrected chi connectivity index (χ3v) is 11.5. The molecule has 0 aliphatic rings. The number of rotatable bonds is 6. The smallest absolute Gasteiger partial charge is 0.227 e. The van der Waals surface area contributed by atoms with Crippen molar-refractivity contribution in [2.45, 2.75) is 0 Å². The Kier molecular flexibility index (Phi) is 7.00. The van der Waals surface area contributed by atoms with Gasteiger partial charge in [-0.1, -0.05) is 103 Å². The summed E-state index contributed by atoms with van der Waals surface area (Å²) in [6, 6.07) is 63.9. The molecule has 11 aromatic rings. The third-order valence-electron chi connectivity index (χ3n) is 10.3. The maximum atomic E-state index is 6.55. The number of furan rings is 1. The van der Waals surface area contributed by atoms with E-state index in [4.69, 9.17) is 13.8 Å². The molecule has 0 fully saturated rings. The lowest BCUT2D eigenvalue weighted by atomic mass is 9.99. The van der Waals surface area contributed by atoms with E-state index < -0.39 is 0 Å². The lowest BCUT2D eigenvalue weighted by Crippen LogP contribution is -2.09. The summed E-state index contributed by atoms with van der Waals surface area (Å²) >= 11 is 1.85. The van der Waals surface area contributed by atoms with Crippen molar-refractivity contribution in [2.24, 2.45) is 0 Å². The van der Waals surface area contributed by atoms with Gasteiger partial charge in [-0.05, 0) is 95.1 Å². The quantitative estimate of drug-likeness (QED) is 0.172. The maximum absolute atomic E-state index is 6.55. The molecule has 4 nitrogen and oxygen atoms in total. The van der Waals surface area contributed by atoms with Crippen LogP contribution in [0, 0.1) is 0 Å². The Balaban J connectivity index is 1.04. The molecule has 0 saturated heterocycles. The second-order valence-corrected chi connectivity index (χ2v) is 14.6. The van der Waals surface area contributed by atoms with Crippen LogP contribution in [0.5, 0.6) is 0 Å². The Morgan fingerprint density at radius 1 is 0.426 bits per heavy atom. The van der Waals surface area contributed by atoms with Gasteiger partial charge < -0.3 is 13.7 Å². The summed E-state index contributed by atoms with van der Waals surface area (Å²) in [5, 5.41) is 4.53. The molecule has 0 aliphatic carbocycles. The van der Waals surface area contributed by atoms with E-state index in [1.807, 2.05) is 59.9 Å². The monoisotopic (exact) mass is 710 g/mol. The Morgan fingerprint density at radius 2 is 1.07 bits per heavy atom. The van der Waals surface area contributed by atoms with Gasteiger partial charge in [0.15, 0.2) is 5.58 Å². The van der Waals surface area contributed by atoms with Crippen LogP contribution in [0.3, 0.4) is 0 Å². The first kappa shape index (κ1) is 30.7. The molecular formula is C49H30N2O2S. The van der Waals surface area contributed by atoms with Crippen molar-refractivity contribution in [3.63, 3.8) is 0 Å². The minimum atomic E-state index is 0.598. The molecule has 5 heteroatoms. The topological polar surface area (TPSA) is 42.4 Å². The van der Waals surface area contributed by atoms with E-state index in [-0.39, 0.29) is 0 Å². The standard InChI is InChI=1S/C49H30N2O2S/c1-3-10-31(11-4-1)32-18-22-35(23-19-32)51(36-24-20-33(21-25-36)38-15-9-17-45-46(38)40-14-7-8-16-44(40)54-45)37-26-27-39-43(30-37)52-42-29-28-41-48(47(39)42)53-49(50-41)34-12-5-2-6-13-34/h1-30H. The van der Waals surface area contributed by atoms with Crippen LogP contribution in [-0.4, -0.2) is 4.98 Å². The van der Waals surface area contributed by atoms with Crippen molar-refractivity contribution in [3.8, 4) is 33.7 Å². The van der Waals surface area contributed by atoms with Crippen molar-refractivity contribution in [2.75, 3.05) is 4.90 Å². The first-order chi connectivity index (χ1) is 26.7. The van der Waals surface area contributed by atoms with Gasteiger partial charge in [-0.25, -0.2) is 4.98 Å². The molecular weight excluding hydrogens is 681 g/mol. The SMILES string of the molecule is c1ccc(-c2ccc(N(c3ccc(-c4cccc5sc6ccccc6c45)cc3)c3ccc4c(c3)oc3ccc5nc(-c6ccccc6)oc5c34)cc2)cc1. The molecule has 3 aromatic heterocycles. The summed E-state index contributed by atoms with van der Waals surface area (Å²) in [6.07, 6.45) is 0. The number of hydrogen-bond acceptors (Lipinski definition) is 5. The van der Waals surface area contributed by atoms with Gasteiger partial charge in [-0.2, -0.15) is 0 Å². The fraction of sp³-hybridized carbons (Fsp3) is 0. The average Bonchev–Trinajstić information content (AvgIpc) is 3.95. The molecule has 54 heavy (non-hydrogen) atoms. The van der Waals surface area contributed by atoms with E-state index in [0.29, 0.717) is 5.89 Å². The molecule has 0 atom stereocenters. The van der Waals surface area contributed by atoms with E-state index in [0.717, 1.165) is 55.7 Å². The zero-order valence-electron chi connectivity index (χ0n) is 28.9. The van der Waals surface area contributed by atoms with Crippen LogP contribution in [0.25, 0.3) is 86.9 Å². The first-order valence-electron chi connectivity index (χ1n) is 18.0. The summed E-state index contributed by atoms with van der Waals surface area (Å²) in [5.74, 6) is 0.598. The molecule has 8 aromatic carbocycles. The van der Waals surface area contributed by atoms with Crippen molar-refractivity contribution in [3.05, 3.63) is 182 Å². The summed E-state index contributed by atoms with van der Waals surface area (Å²) < 4.78 is 15.6. The highest BCUT2D eigenvalue weighted by Crippen LogP contribution is 2.44. The molecule has 0 N–H and O–H groups in total. The fourth-order valence-electron chi connectivity index (χ4n) is 7.76. The molecule has 0 aliphatic heterocycles. The molecule has 11 rings (SSSR count). The number of hydrogen-bond donors (Lipinski definition) is 0. The van der Waals surface area contributed by atoms with E-state index in [1.54, 1.807) is 0 Å². The number of aromatic nitrogens is 1. The van der Waals surface area contributed by atoms with Gasteiger partial charge in [0, 0.05) is 54.3 Å². The Bertz CT molecular complexity index is 3140. The highest BCUT2D eigenvalue weighted by atomic mass is 32.1. The van der Waals surface area contributed by atoms with Gasteiger partial charge in [0.25, 0.3) is 0 Å². The van der Waals surface area contributed by atoms with Gasteiger partial charge in [0.05, 0.1) is 5.39 Å². The van der Waals surface area contributed by atoms with Crippen LogP contribution < -0.4 is 4.90 Å². The molecule has 0 saturated carbocycles. The van der Waals surface area contributed by atoms with Crippen LogP contribution >= 0.6 is 11.3 Å². The predicted molar refractivity (Wildman–Crippen MR) is 225 cm³/mol. The molecule has 3 heterocycles. The number of nitrogens with zero attached hydrogens (tertiary/aromatic N) is 2. The minimum absolute atomic E-state index is 0.598. The van der Waals surface area contributed by atoms with E-state index >= 15 is 0 Å². The van der Waals surface area contributed by atoms with Crippen LogP contribution in [0.2, 0.25) is 0 Å². The summed E-state index contributed by atoms with van der Waals surface area (Å²) in [7, 11) is 0.